The van der Waals surface area contributed by atoms with Gasteiger partial charge >= 0.3 is 0 Å². The number of nitrogens with zero attached hydrogens (tertiary/aromatic N) is 2. The van der Waals surface area contributed by atoms with Crippen LogP contribution in [0, 0.1) is 29.6 Å². The second-order valence-electron chi connectivity index (χ2n) is 2.79. The number of hydrogen-bond donors (Lipinski definition) is 0. The van der Waals surface area contributed by atoms with Crippen LogP contribution in [-0.4, -0.2) is 0 Å². The minimum Gasteiger partial charge on any atom is -0.192 e. The van der Waals surface area contributed by atoms with E-state index >= 15 is 0 Å². The molecule has 0 unspecified atom stereocenters. The molecule has 1 rings (SSSR count). The third-order valence-corrected chi connectivity index (χ3v) is 2.62. The molecule has 0 saturated carbocycles. The van der Waals surface area contributed by atoms with Crippen molar-refractivity contribution >= 4 is 22.0 Å². The fourth-order valence-electron chi connectivity index (χ4n) is 1.01. The highest BCUT2D eigenvalue weighted by Crippen LogP contribution is 2.18. The average molecular weight is 247 g/mol. The molecule has 0 fully saturated rings. The van der Waals surface area contributed by atoms with E-state index in [1.165, 1.54) is 0 Å². The van der Waals surface area contributed by atoms with Crippen LogP contribution in [0.15, 0.2) is 28.2 Å². The molecule has 1 aromatic carbocycles. The van der Waals surface area contributed by atoms with Crippen molar-refractivity contribution in [3.8, 4) is 12.1 Å². The molecule has 14 heavy (non-hydrogen) atoms. The van der Waals surface area contributed by atoms with Crippen LogP contribution < -0.4 is 0 Å². The Morgan fingerprint density at radius 2 is 2.00 bits per heavy atom. The molecule has 0 radical (unpaired) electrons. The zero-order valence-corrected chi connectivity index (χ0v) is 9.17. The molecule has 0 aliphatic heterocycles. The first-order chi connectivity index (χ1) is 6.67. The van der Waals surface area contributed by atoms with E-state index < -0.39 is 0 Å². The molecule has 0 aliphatic carbocycles. The summed E-state index contributed by atoms with van der Waals surface area (Å²) in [4.78, 5) is 0. The molecular formula is C11H7BrN2. The van der Waals surface area contributed by atoms with Gasteiger partial charge in [-0.3, -0.25) is 0 Å². The predicted molar refractivity (Wildman–Crippen MR) is 58.1 cm³/mol. The summed E-state index contributed by atoms with van der Waals surface area (Å²) in [5.74, 6) is 0. The number of nitriles is 2. The molecule has 0 aliphatic rings. The van der Waals surface area contributed by atoms with Crippen molar-refractivity contribution in [2.24, 2.45) is 0 Å². The summed E-state index contributed by atoms with van der Waals surface area (Å²) >= 11 is 3.38. The van der Waals surface area contributed by atoms with Crippen LogP contribution in [0.25, 0.3) is 6.08 Å². The minimum atomic E-state index is 0.117. The molecule has 0 heterocycles. The van der Waals surface area contributed by atoms with Gasteiger partial charge in [0.05, 0.1) is 0 Å². The number of halogens is 1. The lowest BCUT2D eigenvalue weighted by Gasteiger charge is -1.98. The summed E-state index contributed by atoms with van der Waals surface area (Å²) in [7, 11) is 0. The van der Waals surface area contributed by atoms with Crippen LogP contribution >= 0.6 is 15.9 Å². The fraction of sp³-hybridized carbons (Fsp3) is 0.0909. The van der Waals surface area contributed by atoms with Gasteiger partial charge in [0.1, 0.15) is 17.7 Å². The maximum Gasteiger partial charge on any atom is 0.130 e. The van der Waals surface area contributed by atoms with E-state index in [4.69, 9.17) is 10.5 Å². The lowest BCUT2D eigenvalue weighted by atomic mass is 10.1. The Labute approximate surface area is 91.2 Å². The van der Waals surface area contributed by atoms with Crippen LogP contribution in [0.3, 0.4) is 0 Å². The van der Waals surface area contributed by atoms with E-state index in [1.807, 2.05) is 37.3 Å². The molecule has 2 nitrogen and oxygen atoms in total. The average Bonchev–Trinajstić information content (AvgIpc) is 2.19. The maximum atomic E-state index is 8.56. The Morgan fingerprint density at radius 1 is 1.36 bits per heavy atom. The third-order valence-electron chi connectivity index (χ3n) is 1.73. The lowest BCUT2D eigenvalue weighted by Crippen LogP contribution is -1.79. The van der Waals surface area contributed by atoms with Crippen molar-refractivity contribution in [1.29, 1.82) is 10.5 Å². The normalized spacial score (nSPS) is 8.57. The zero-order chi connectivity index (χ0) is 10.6. The van der Waals surface area contributed by atoms with Crippen molar-refractivity contribution in [2.75, 3.05) is 0 Å². The van der Waals surface area contributed by atoms with Crippen molar-refractivity contribution < 1.29 is 0 Å². The second-order valence-corrected chi connectivity index (χ2v) is 3.64. The number of allylic oxidation sites excluding steroid dienone is 1. The summed E-state index contributed by atoms with van der Waals surface area (Å²) in [5.41, 5.74) is 2.06. The van der Waals surface area contributed by atoms with Crippen molar-refractivity contribution in [1.82, 2.24) is 0 Å². The van der Waals surface area contributed by atoms with E-state index in [0.717, 1.165) is 15.6 Å². The van der Waals surface area contributed by atoms with Crippen molar-refractivity contribution in [3.63, 3.8) is 0 Å². The largest absolute Gasteiger partial charge is 0.192 e. The Bertz CT molecular complexity index is 445. The van der Waals surface area contributed by atoms with Gasteiger partial charge in [-0.15, -0.1) is 0 Å². The SMILES string of the molecule is Cc1cc(C=C(C#N)C#N)ccc1Br. The molecule has 68 valence electrons. The van der Waals surface area contributed by atoms with E-state index in [1.54, 1.807) is 6.08 Å². The van der Waals surface area contributed by atoms with Crippen molar-refractivity contribution in [2.45, 2.75) is 6.92 Å². The van der Waals surface area contributed by atoms with E-state index in [9.17, 15) is 0 Å². The van der Waals surface area contributed by atoms with Crippen molar-refractivity contribution in [3.05, 3.63) is 39.4 Å². The molecular weight excluding hydrogens is 240 g/mol. The number of rotatable bonds is 1. The van der Waals surface area contributed by atoms with Gasteiger partial charge in [-0.2, -0.15) is 10.5 Å². The highest BCUT2D eigenvalue weighted by atomic mass is 79.9. The highest BCUT2D eigenvalue weighted by molar-refractivity contribution is 9.10. The number of benzene rings is 1. The van der Waals surface area contributed by atoms with Crippen LogP contribution in [-0.2, 0) is 0 Å². The van der Waals surface area contributed by atoms with Gasteiger partial charge in [0, 0.05) is 4.47 Å². The first kappa shape index (κ1) is 10.5. The lowest BCUT2D eigenvalue weighted by molar-refractivity contribution is 1.41. The van der Waals surface area contributed by atoms with Gasteiger partial charge in [0.15, 0.2) is 0 Å². The molecule has 3 heteroatoms. The quantitative estimate of drug-likeness (QED) is 0.715. The molecule has 0 bridgehead atoms. The van der Waals surface area contributed by atoms with Gasteiger partial charge in [-0.25, -0.2) is 0 Å². The number of hydrogen-bond acceptors (Lipinski definition) is 2. The molecule has 0 saturated heterocycles. The molecule has 0 N–H and O–H groups in total. The van der Waals surface area contributed by atoms with Gasteiger partial charge < -0.3 is 0 Å². The molecule has 0 aromatic heterocycles. The minimum absolute atomic E-state index is 0.117. The fourth-order valence-corrected chi connectivity index (χ4v) is 1.26. The summed E-state index contributed by atoms with van der Waals surface area (Å²) < 4.78 is 1.02. The first-order valence-corrected chi connectivity index (χ1v) is 4.74. The first-order valence-electron chi connectivity index (χ1n) is 3.95. The van der Waals surface area contributed by atoms with E-state index in [0.29, 0.717) is 0 Å². The number of aryl methyl sites for hydroxylation is 1. The van der Waals surface area contributed by atoms with E-state index in [2.05, 4.69) is 15.9 Å². The smallest absolute Gasteiger partial charge is 0.130 e. The topological polar surface area (TPSA) is 47.6 Å². The Kier molecular flexibility index (Phi) is 3.45. The summed E-state index contributed by atoms with van der Waals surface area (Å²) in [6.07, 6.45) is 1.57. The Balaban J connectivity index is 3.13. The van der Waals surface area contributed by atoms with Gasteiger partial charge in [0.25, 0.3) is 0 Å². The third kappa shape index (κ3) is 2.45. The van der Waals surface area contributed by atoms with Gasteiger partial charge in [0.2, 0.25) is 0 Å². The monoisotopic (exact) mass is 246 g/mol. The predicted octanol–water partition coefficient (Wildman–Crippen LogP) is 3.19. The van der Waals surface area contributed by atoms with Crippen LogP contribution in [0.1, 0.15) is 11.1 Å². The van der Waals surface area contributed by atoms with Crippen LogP contribution in [0.5, 0.6) is 0 Å². The molecule has 0 spiro atoms. The molecule has 1 aromatic rings. The highest BCUT2D eigenvalue weighted by Gasteiger charge is 1.97. The second kappa shape index (κ2) is 4.60. The van der Waals surface area contributed by atoms with Gasteiger partial charge in [-0.05, 0) is 30.2 Å². The zero-order valence-electron chi connectivity index (χ0n) is 7.58. The summed E-state index contributed by atoms with van der Waals surface area (Å²) in [6.45, 7) is 1.96. The van der Waals surface area contributed by atoms with Crippen LogP contribution in [0.2, 0.25) is 0 Å². The van der Waals surface area contributed by atoms with Gasteiger partial charge in [-0.1, -0.05) is 28.1 Å². The summed E-state index contributed by atoms with van der Waals surface area (Å²) in [5, 5.41) is 17.1. The maximum absolute atomic E-state index is 8.56. The Morgan fingerprint density at radius 3 is 2.50 bits per heavy atom. The molecule has 0 amide bonds. The van der Waals surface area contributed by atoms with E-state index in [-0.39, 0.29) is 5.57 Å². The molecule has 0 atom stereocenters. The Hall–Kier alpha value is -1.58. The standard InChI is InChI=1S/C11H7BrN2/c1-8-4-9(2-3-11(8)12)5-10(6-13)7-14/h2-5H,1H3. The summed E-state index contributed by atoms with van der Waals surface area (Å²) in [6, 6.07) is 9.31. The van der Waals surface area contributed by atoms with Crippen LogP contribution in [0.4, 0.5) is 0 Å².